The van der Waals surface area contributed by atoms with Crippen LogP contribution in [0, 0.1) is 0 Å². The summed E-state index contributed by atoms with van der Waals surface area (Å²) in [6.07, 6.45) is 4.13. The summed E-state index contributed by atoms with van der Waals surface area (Å²) < 4.78 is 0. The lowest BCUT2D eigenvalue weighted by atomic mass is 10.2. The van der Waals surface area contributed by atoms with Crippen molar-refractivity contribution in [3.05, 3.63) is 12.4 Å². The quantitative estimate of drug-likeness (QED) is 0.646. The first-order valence-corrected chi connectivity index (χ1v) is 4.67. The van der Waals surface area contributed by atoms with E-state index in [1.807, 2.05) is 6.92 Å². The number of aliphatic hydroxyl groups is 1. The number of anilines is 2. The van der Waals surface area contributed by atoms with E-state index in [1.165, 1.54) is 0 Å². The molecular weight excluding hydrogens is 180 g/mol. The standard InChI is InChI=1S/C9H16N4O/c1-3-7(6-14)12-9-5-11-4-8(10-2)13-9/h4-5,7,14H,3,6H2,1-2H3,(H2,10,12,13). The van der Waals surface area contributed by atoms with Crippen LogP contribution in [-0.4, -0.2) is 34.8 Å². The van der Waals surface area contributed by atoms with Crippen molar-refractivity contribution in [3.8, 4) is 0 Å². The van der Waals surface area contributed by atoms with Gasteiger partial charge in [0, 0.05) is 7.05 Å². The van der Waals surface area contributed by atoms with Crippen molar-refractivity contribution in [2.75, 3.05) is 24.3 Å². The molecule has 0 fully saturated rings. The van der Waals surface area contributed by atoms with Crippen LogP contribution in [0.15, 0.2) is 12.4 Å². The van der Waals surface area contributed by atoms with Crippen LogP contribution < -0.4 is 10.6 Å². The first-order valence-electron chi connectivity index (χ1n) is 4.67. The maximum Gasteiger partial charge on any atom is 0.147 e. The van der Waals surface area contributed by atoms with Gasteiger partial charge in [0.1, 0.15) is 11.6 Å². The summed E-state index contributed by atoms with van der Waals surface area (Å²) in [4.78, 5) is 8.24. The molecule has 0 aliphatic heterocycles. The number of nitrogens with one attached hydrogen (secondary N) is 2. The van der Waals surface area contributed by atoms with E-state index in [0.717, 1.165) is 6.42 Å². The molecule has 0 radical (unpaired) electrons. The Morgan fingerprint density at radius 1 is 1.43 bits per heavy atom. The van der Waals surface area contributed by atoms with Crippen LogP contribution >= 0.6 is 0 Å². The van der Waals surface area contributed by atoms with Gasteiger partial charge in [0.15, 0.2) is 0 Å². The third kappa shape index (κ3) is 2.85. The largest absolute Gasteiger partial charge is 0.394 e. The van der Waals surface area contributed by atoms with E-state index in [1.54, 1.807) is 19.4 Å². The second-order valence-corrected chi connectivity index (χ2v) is 2.97. The Hall–Kier alpha value is -1.36. The SMILES string of the molecule is CCC(CO)Nc1cncc(NC)n1. The zero-order valence-corrected chi connectivity index (χ0v) is 8.49. The Morgan fingerprint density at radius 3 is 2.71 bits per heavy atom. The van der Waals surface area contributed by atoms with Crippen molar-refractivity contribution in [2.24, 2.45) is 0 Å². The molecule has 14 heavy (non-hydrogen) atoms. The highest BCUT2D eigenvalue weighted by molar-refractivity contribution is 5.41. The minimum Gasteiger partial charge on any atom is -0.394 e. The highest BCUT2D eigenvalue weighted by Gasteiger charge is 2.05. The van der Waals surface area contributed by atoms with E-state index in [4.69, 9.17) is 5.11 Å². The Balaban J connectivity index is 2.65. The first-order chi connectivity index (χ1) is 6.80. The smallest absolute Gasteiger partial charge is 0.147 e. The van der Waals surface area contributed by atoms with Gasteiger partial charge in [0.05, 0.1) is 25.0 Å². The summed E-state index contributed by atoms with van der Waals surface area (Å²) in [5.41, 5.74) is 0. The van der Waals surface area contributed by atoms with Crippen molar-refractivity contribution < 1.29 is 5.11 Å². The first kappa shape index (κ1) is 10.7. The molecular formula is C9H16N4O. The number of aliphatic hydroxyl groups excluding tert-OH is 1. The summed E-state index contributed by atoms with van der Waals surface area (Å²) in [5.74, 6) is 1.39. The molecule has 5 heteroatoms. The van der Waals surface area contributed by atoms with E-state index < -0.39 is 0 Å². The zero-order valence-electron chi connectivity index (χ0n) is 8.49. The summed E-state index contributed by atoms with van der Waals surface area (Å²) >= 11 is 0. The minimum absolute atomic E-state index is 0.0383. The van der Waals surface area contributed by atoms with Gasteiger partial charge in [0.2, 0.25) is 0 Å². The van der Waals surface area contributed by atoms with E-state index >= 15 is 0 Å². The maximum atomic E-state index is 8.99. The summed E-state index contributed by atoms with van der Waals surface area (Å²) in [6.45, 7) is 2.10. The molecule has 78 valence electrons. The van der Waals surface area contributed by atoms with Crippen molar-refractivity contribution in [3.63, 3.8) is 0 Å². The number of rotatable bonds is 5. The Morgan fingerprint density at radius 2 is 2.14 bits per heavy atom. The fourth-order valence-electron chi connectivity index (χ4n) is 1.04. The molecule has 1 rings (SSSR count). The van der Waals surface area contributed by atoms with E-state index in [-0.39, 0.29) is 12.6 Å². The van der Waals surface area contributed by atoms with Crippen molar-refractivity contribution in [2.45, 2.75) is 19.4 Å². The second-order valence-electron chi connectivity index (χ2n) is 2.97. The van der Waals surface area contributed by atoms with E-state index in [0.29, 0.717) is 11.6 Å². The van der Waals surface area contributed by atoms with Crippen LogP contribution in [0.25, 0.3) is 0 Å². The van der Waals surface area contributed by atoms with Crippen molar-refractivity contribution in [1.29, 1.82) is 0 Å². The van der Waals surface area contributed by atoms with Gasteiger partial charge < -0.3 is 15.7 Å². The molecule has 0 aliphatic rings. The van der Waals surface area contributed by atoms with Crippen LogP contribution in [0.4, 0.5) is 11.6 Å². The molecule has 1 unspecified atom stereocenters. The predicted octanol–water partition coefficient (Wildman–Crippen LogP) is 0.701. The van der Waals surface area contributed by atoms with E-state index in [9.17, 15) is 0 Å². The molecule has 1 aromatic heterocycles. The number of aromatic nitrogens is 2. The zero-order chi connectivity index (χ0) is 10.4. The molecule has 0 amide bonds. The Labute approximate surface area is 83.6 Å². The van der Waals surface area contributed by atoms with Crippen LogP contribution in [-0.2, 0) is 0 Å². The number of hydrogen-bond acceptors (Lipinski definition) is 5. The molecule has 5 nitrogen and oxygen atoms in total. The van der Waals surface area contributed by atoms with Crippen LogP contribution in [0.2, 0.25) is 0 Å². The second kappa shape index (κ2) is 5.39. The van der Waals surface area contributed by atoms with Crippen LogP contribution in [0.3, 0.4) is 0 Å². The molecule has 0 aromatic carbocycles. The van der Waals surface area contributed by atoms with Gasteiger partial charge >= 0.3 is 0 Å². The lowest BCUT2D eigenvalue weighted by molar-refractivity contribution is 0.271. The Kier molecular flexibility index (Phi) is 4.12. The van der Waals surface area contributed by atoms with Crippen LogP contribution in [0.5, 0.6) is 0 Å². The molecule has 3 N–H and O–H groups in total. The van der Waals surface area contributed by atoms with Gasteiger partial charge in [-0.3, -0.25) is 4.98 Å². The Bertz CT molecular complexity index is 275. The topological polar surface area (TPSA) is 70.1 Å². The van der Waals surface area contributed by atoms with Crippen LogP contribution in [0.1, 0.15) is 13.3 Å². The monoisotopic (exact) mass is 196 g/mol. The van der Waals surface area contributed by atoms with Gasteiger partial charge in [-0.1, -0.05) is 6.92 Å². The molecule has 0 spiro atoms. The van der Waals surface area contributed by atoms with Crippen molar-refractivity contribution in [1.82, 2.24) is 9.97 Å². The van der Waals surface area contributed by atoms with Gasteiger partial charge in [-0.2, -0.15) is 0 Å². The normalized spacial score (nSPS) is 12.2. The average Bonchev–Trinajstić information content (AvgIpc) is 2.26. The lowest BCUT2D eigenvalue weighted by Gasteiger charge is -2.14. The molecule has 0 aliphatic carbocycles. The number of hydrogen-bond donors (Lipinski definition) is 3. The highest BCUT2D eigenvalue weighted by atomic mass is 16.3. The fraction of sp³-hybridized carbons (Fsp3) is 0.556. The highest BCUT2D eigenvalue weighted by Crippen LogP contribution is 2.08. The minimum atomic E-state index is 0.0383. The van der Waals surface area contributed by atoms with Gasteiger partial charge in [0.25, 0.3) is 0 Å². The maximum absolute atomic E-state index is 8.99. The number of nitrogens with zero attached hydrogens (tertiary/aromatic N) is 2. The summed E-state index contributed by atoms with van der Waals surface area (Å²) in [6, 6.07) is 0.0383. The molecule has 1 atom stereocenters. The third-order valence-corrected chi connectivity index (χ3v) is 1.96. The fourth-order valence-corrected chi connectivity index (χ4v) is 1.04. The third-order valence-electron chi connectivity index (χ3n) is 1.96. The molecule has 1 heterocycles. The van der Waals surface area contributed by atoms with Crippen molar-refractivity contribution >= 4 is 11.6 Å². The van der Waals surface area contributed by atoms with Gasteiger partial charge in [-0.05, 0) is 6.42 Å². The summed E-state index contributed by atoms with van der Waals surface area (Å²) in [5, 5.41) is 15.0. The predicted molar refractivity (Wildman–Crippen MR) is 56.4 cm³/mol. The summed E-state index contributed by atoms with van der Waals surface area (Å²) in [7, 11) is 1.79. The van der Waals surface area contributed by atoms with E-state index in [2.05, 4.69) is 20.6 Å². The lowest BCUT2D eigenvalue weighted by Crippen LogP contribution is -2.23. The molecule has 1 aromatic rings. The van der Waals surface area contributed by atoms with Gasteiger partial charge in [-0.25, -0.2) is 4.98 Å². The van der Waals surface area contributed by atoms with Gasteiger partial charge in [-0.15, -0.1) is 0 Å². The molecule has 0 saturated heterocycles. The average molecular weight is 196 g/mol. The molecule has 0 bridgehead atoms. The molecule has 0 saturated carbocycles.